The molecule has 0 spiro atoms. The van der Waals surface area contributed by atoms with Gasteiger partial charge in [-0.3, -0.25) is 4.79 Å². The lowest BCUT2D eigenvalue weighted by Gasteiger charge is -2.03. The quantitative estimate of drug-likeness (QED) is 0.505. The van der Waals surface area contributed by atoms with E-state index in [4.69, 9.17) is 11.6 Å². The number of hydrogen-bond donors (Lipinski definition) is 0. The molecule has 3 aromatic heterocycles. The maximum atomic E-state index is 12.6. The van der Waals surface area contributed by atoms with Crippen molar-refractivity contribution in [1.29, 1.82) is 0 Å². The number of fused-ring (bicyclic) bond motifs is 1. The fraction of sp³-hybridized carbons (Fsp3) is 0.111. The zero-order valence-corrected chi connectivity index (χ0v) is 15.6. The first kappa shape index (κ1) is 16.7. The van der Waals surface area contributed by atoms with Crippen molar-refractivity contribution >= 4 is 39.4 Å². The van der Waals surface area contributed by atoms with Crippen LogP contribution in [0.3, 0.4) is 0 Å². The lowest BCUT2D eigenvalue weighted by atomic mass is 10.3. The molecule has 0 unspecified atom stereocenters. The second-order valence-electron chi connectivity index (χ2n) is 5.70. The summed E-state index contributed by atoms with van der Waals surface area (Å²) < 4.78 is 2.93. The highest BCUT2D eigenvalue weighted by molar-refractivity contribution is 7.16. The number of benzene rings is 1. The standard InChI is InChI=1S/C18H14ClN5OS/c1-11-15(16(19)24(22-11)13-6-4-3-5-7-13)10-20-23-12(2)21-17-14(18(23)25)8-9-26-17/h3-10H,1-2H3. The first-order valence-corrected chi connectivity index (χ1v) is 9.14. The minimum Gasteiger partial charge on any atom is -0.267 e. The Labute approximate surface area is 158 Å². The van der Waals surface area contributed by atoms with E-state index >= 15 is 0 Å². The van der Waals surface area contributed by atoms with Gasteiger partial charge in [-0.15, -0.1) is 11.3 Å². The van der Waals surface area contributed by atoms with E-state index in [0.717, 1.165) is 11.4 Å². The second kappa shape index (κ2) is 6.51. The van der Waals surface area contributed by atoms with Crippen molar-refractivity contribution in [2.24, 2.45) is 5.10 Å². The summed E-state index contributed by atoms with van der Waals surface area (Å²) in [6.07, 6.45) is 1.55. The normalized spacial score (nSPS) is 11.7. The summed E-state index contributed by atoms with van der Waals surface area (Å²) >= 11 is 7.93. The highest BCUT2D eigenvalue weighted by Crippen LogP contribution is 2.22. The minimum atomic E-state index is -0.200. The summed E-state index contributed by atoms with van der Waals surface area (Å²) in [6.45, 7) is 3.60. The highest BCUT2D eigenvalue weighted by Gasteiger charge is 2.14. The van der Waals surface area contributed by atoms with Gasteiger partial charge in [0.15, 0.2) is 0 Å². The zero-order chi connectivity index (χ0) is 18.3. The van der Waals surface area contributed by atoms with Crippen molar-refractivity contribution < 1.29 is 0 Å². The van der Waals surface area contributed by atoms with E-state index in [1.807, 2.05) is 42.6 Å². The van der Waals surface area contributed by atoms with Gasteiger partial charge in [-0.2, -0.15) is 14.9 Å². The molecule has 6 nitrogen and oxygen atoms in total. The molecule has 8 heteroatoms. The van der Waals surface area contributed by atoms with Crippen molar-refractivity contribution in [2.75, 3.05) is 0 Å². The summed E-state index contributed by atoms with van der Waals surface area (Å²) in [5.74, 6) is 0.519. The summed E-state index contributed by atoms with van der Waals surface area (Å²) in [5.41, 5.74) is 2.04. The lowest BCUT2D eigenvalue weighted by molar-refractivity contribution is 0.772. The van der Waals surface area contributed by atoms with Gasteiger partial charge in [0.1, 0.15) is 15.8 Å². The highest BCUT2D eigenvalue weighted by atomic mass is 35.5. The van der Waals surface area contributed by atoms with Crippen molar-refractivity contribution in [3.63, 3.8) is 0 Å². The Morgan fingerprint density at radius 1 is 1.19 bits per heavy atom. The molecule has 0 amide bonds. The van der Waals surface area contributed by atoms with Crippen LogP contribution >= 0.6 is 22.9 Å². The number of aromatic nitrogens is 4. The monoisotopic (exact) mass is 383 g/mol. The number of para-hydroxylation sites is 1. The van der Waals surface area contributed by atoms with E-state index < -0.39 is 0 Å². The van der Waals surface area contributed by atoms with Crippen LogP contribution < -0.4 is 5.56 Å². The molecule has 0 aliphatic carbocycles. The van der Waals surface area contributed by atoms with Crippen molar-refractivity contribution in [3.8, 4) is 5.69 Å². The molecule has 0 aliphatic rings. The number of aryl methyl sites for hydroxylation is 2. The maximum absolute atomic E-state index is 12.6. The maximum Gasteiger partial charge on any atom is 0.282 e. The van der Waals surface area contributed by atoms with E-state index in [-0.39, 0.29) is 5.56 Å². The lowest BCUT2D eigenvalue weighted by Crippen LogP contribution is -2.19. The summed E-state index contributed by atoms with van der Waals surface area (Å²) in [5, 5.41) is 11.6. The molecule has 130 valence electrons. The molecule has 0 fully saturated rings. The molecule has 3 heterocycles. The molecule has 4 rings (SSSR count). The minimum absolute atomic E-state index is 0.200. The molecule has 1 aromatic carbocycles. The van der Waals surface area contributed by atoms with Gasteiger partial charge in [0, 0.05) is 0 Å². The smallest absolute Gasteiger partial charge is 0.267 e. The van der Waals surface area contributed by atoms with Crippen LogP contribution in [0.2, 0.25) is 5.15 Å². The third-order valence-corrected chi connectivity index (χ3v) is 5.16. The van der Waals surface area contributed by atoms with Gasteiger partial charge >= 0.3 is 0 Å². The van der Waals surface area contributed by atoms with Crippen molar-refractivity contribution in [3.05, 3.63) is 74.4 Å². The molecule has 0 N–H and O–H groups in total. The molecule has 4 aromatic rings. The summed E-state index contributed by atoms with van der Waals surface area (Å²) in [6, 6.07) is 11.4. The Kier molecular flexibility index (Phi) is 4.18. The van der Waals surface area contributed by atoms with E-state index in [9.17, 15) is 4.79 Å². The van der Waals surface area contributed by atoms with Crippen LogP contribution in [0.25, 0.3) is 15.9 Å². The largest absolute Gasteiger partial charge is 0.282 e. The first-order chi connectivity index (χ1) is 12.6. The zero-order valence-electron chi connectivity index (χ0n) is 14.0. The van der Waals surface area contributed by atoms with Crippen LogP contribution in [0.1, 0.15) is 17.1 Å². The van der Waals surface area contributed by atoms with Crippen molar-refractivity contribution in [1.82, 2.24) is 19.4 Å². The predicted octanol–water partition coefficient (Wildman–Crippen LogP) is 3.80. The van der Waals surface area contributed by atoms with Crippen LogP contribution in [0, 0.1) is 13.8 Å². The molecule has 26 heavy (non-hydrogen) atoms. The van der Waals surface area contributed by atoms with E-state index in [0.29, 0.717) is 26.8 Å². The van der Waals surface area contributed by atoms with E-state index in [2.05, 4.69) is 15.2 Å². The molecule has 0 atom stereocenters. The van der Waals surface area contributed by atoms with Crippen molar-refractivity contribution in [2.45, 2.75) is 13.8 Å². The average Bonchev–Trinajstić information content (AvgIpc) is 3.21. The molecule has 0 radical (unpaired) electrons. The van der Waals surface area contributed by atoms with Gasteiger partial charge in [0.05, 0.1) is 28.5 Å². The Hall–Kier alpha value is -2.77. The van der Waals surface area contributed by atoms with Crippen LogP contribution in [0.4, 0.5) is 0 Å². The number of hydrogen-bond acceptors (Lipinski definition) is 5. The number of nitrogens with zero attached hydrogens (tertiary/aromatic N) is 5. The number of rotatable bonds is 3. The van der Waals surface area contributed by atoms with Gasteiger partial charge < -0.3 is 0 Å². The second-order valence-corrected chi connectivity index (χ2v) is 6.95. The third kappa shape index (κ3) is 2.75. The third-order valence-electron chi connectivity index (χ3n) is 3.99. The van der Waals surface area contributed by atoms with Crippen LogP contribution in [-0.2, 0) is 0 Å². The topological polar surface area (TPSA) is 65.1 Å². The van der Waals surface area contributed by atoms with Gasteiger partial charge in [-0.1, -0.05) is 29.8 Å². The molecule has 0 saturated heterocycles. The van der Waals surface area contributed by atoms with Gasteiger partial charge in [-0.05, 0) is 37.4 Å². The van der Waals surface area contributed by atoms with Gasteiger partial charge in [-0.25, -0.2) is 9.67 Å². The summed E-state index contributed by atoms with van der Waals surface area (Å²) in [7, 11) is 0. The first-order valence-electron chi connectivity index (χ1n) is 7.88. The molecular formula is C18H14ClN5OS. The molecule has 0 aliphatic heterocycles. The fourth-order valence-electron chi connectivity index (χ4n) is 2.66. The Balaban J connectivity index is 1.79. The van der Waals surface area contributed by atoms with E-state index in [1.165, 1.54) is 16.0 Å². The SMILES string of the molecule is Cc1nn(-c2ccccc2)c(Cl)c1C=Nn1c(C)nc2sccc2c1=O. The summed E-state index contributed by atoms with van der Waals surface area (Å²) in [4.78, 5) is 17.7. The molecule has 0 saturated carbocycles. The average molecular weight is 384 g/mol. The Bertz CT molecular complexity index is 1190. The van der Waals surface area contributed by atoms with Crippen LogP contribution in [-0.4, -0.2) is 25.7 Å². The van der Waals surface area contributed by atoms with Gasteiger partial charge in [0.2, 0.25) is 0 Å². The van der Waals surface area contributed by atoms with Crippen LogP contribution in [0.5, 0.6) is 0 Å². The van der Waals surface area contributed by atoms with Gasteiger partial charge in [0.25, 0.3) is 5.56 Å². The number of thiophene rings is 1. The van der Waals surface area contributed by atoms with E-state index in [1.54, 1.807) is 23.9 Å². The molecule has 0 bridgehead atoms. The Morgan fingerprint density at radius 3 is 2.73 bits per heavy atom. The van der Waals surface area contributed by atoms with Crippen LogP contribution in [0.15, 0.2) is 51.7 Å². The predicted molar refractivity (Wildman–Crippen MR) is 105 cm³/mol. The number of halogens is 1. The Morgan fingerprint density at radius 2 is 1.96 bits per heavy atom. The fourth-order valence-corrected chi connectivity index (χ4v) is 3.78. The molecular weight excluding hydrogens is 370 g/mol.